The Morgan fingerprint density at radius 3 is 2.90 bits per heavy atom. The first kappa shape index (κ1) is 19.9. The molecule has 0 spiro atoms. The van der Waals surface area contributed by atoms with Gasteiger partial charge in [0.25, 0.3) is 5.91 Å². The number of fused-ring (bicyclic) bond motifs is 2. The fraction of sp³-hybridized carbons (Fsp3) is 0.292. The van der Waals surface area contributed by atoms with Gasteiger partial charge in [-0.15, -0.1) is 0 Å². The maximum atomic E-state index is 12.5. The molecule has 0 unspecified atom stereocenters. The molecule has 2 aromatic carbocycles. The Morgan fingerprint density at radius 1 is 1.17 bits per heavy atom. The van der Waals surface area contributed by atoms with Gasteiger partial charge in [-0.2, -0.15) is 0 Å². The van der Waals surface area contributed by atoms with Crippen LogP contribution in [0, 0.1) is 0 Å². The molecule has 2 heterocycles. The third-order valence-corrected chi connectivity index (χ3v) is 5.30. The number of benzene rings is 2. The summed E-state index contributed by atoms with van der Waals surface area (Å²) >= 11 is 0. The number of hydrogen-bond acceptors (Lipinski definition) is 4. The Bertz CT molecular complexity index is 1070. The van der Waals surface area contributed by atoms with Crippen molar-refractivity contribution in [3.63, 3.8) is 0 Å². The van der Waals surface area contributed by atoms with E-state index in [-0.39, 0.29) is 11.8 Å². The van der Waals surface area contributed by atoms with E-state index in [1.807, 2.05) is 49.4 Å². The zero-order valence-electron chi connectivity index (χ0n) is 17.1. The summed E-state index contributed by atoms with van der Waals surface area (Å²) in [6, 6.07) is 15.3. The Kier molecular flexibility index (Phi) is 5.93. The Hall–Kier alpha value is -3.41. The molecule has 0 fully saturated rings. The zero-order valence-corrected chi connectivity index (χ0v) is 17.1. The van der Waals surface area contributed by atoms with Gasteiger partial charge < -0.3 is 15.0 Å². The van der Waals surface area contributed by atoms with E-state index in [0.29, 0.717) is 38.1 Å². The smallest absolute Gasteiger partial charge is 0.251 e. The number of aromatic nitrogens is 1. The van der Waals surface area contributed by atoms with Crippen molar-refractivity contribution < 1.29 is 14.3 Å². The fourth-order valence-electron chi connectivity index (χ4n) is 3.74. The lowest BCUT2D eigenvalue weighted by Gasteiger charge is -2.16. The van der Waals surface area contributed by atoms with Gasteiger partial charge in [0.05, 0.1) is 6.61 Å². The number of para-hydroxylation sites is 1. The maximum Gasteiger partial charge on any atom is 0.251 e. The van der Waals surface area contributed by atoms with Gasteiger partial charge in [0.1, 0.15) is 11.3 Å². The zero-order chi connectivity index (χ0) is 20.9. The minimum atomic E-state index is -0.107. The standard InChI is InChI=1S/C24H25N3O3/c1-2-22(28)27-14-11-18-16-19(9-10-20(18)27)24(29)26-13-5-15-30-21-8-3-6-17-7-4-12-25-23(17)21/h3-4,6-10,12,16H,2,5,11,13-15H2,1H3,(H,26,29). The van der Waals surface area contributed by atoms with Gasteiger partial charge in [-0.1, -0.05) is 25.1 Å². The quantitative estimate of drug-likeness (QED) is 0.610. The van der Waals surface area contributed by atoms with Gasteiger partial charge in [0.2, 0.25) is 5.91 Å². The first-order valence-corrected chi connectivity index (χ1v) is 10.4. The largest absolute Gasteiger partial charge is 0.491 e. The summed E-state index contributed by atoms with van der Waals surface area (Å²) < 4.78 is 5.86. The lowest BCUT2D eigenvalue weighted by molar-refractivity contribution is -0.118. The van der Waals surface area contributed by atoms with Crippen LogP contribution >= 0.6 is 0 Å². The summed E-state index contributed by atoms with van der Waals surface area (Å²) in [5.74, 6) is 0.765. The number of pyridine rings is 1. The highest BCUT2D eigenvalue weighted by atomic mass is 16.5. The van der Waals surface area contributed by atoms with Crippen LogP contribution < -0.4 is 15.0 Å². The molecule has 6 nitrogen and oxygen atoms in total. The van der Waals surface area contributed by atoms with Gasteiger partial charge in [-0.3, -0.25) is 14.6 Å². The van der Waals surface area contributed by atoms with Crippen molar-refractivity contribution in [1.29, 1.82) is 0 Å². The normalized spacial score (nSPS) is 12.6. The van der Waals surface area contributed by atoms with Gasteiger partial charge in [0, 0.05) is 42.3 Å². The molecular weight excluding hydrogens is 378 g/mol. The predicted molar refractivity (Wildman–Crippen MR) is 117 cm³/mol. The van der Waals surface area contributed by atoms with E-state index in [4.69, 9.17) is 4.74 Å². The van der Waals surface area contributed by atoms with E-state index in [1.165, 1.54) is 0 Å². The average Bonchev–Trinajstić information content (AvgIpc) is 3.21. The van der Waals surface area contributed by atoms with Gasteiger partial charge in [0.15, 0.2) is 0 Å². The lowest BCUT2D eigenvalue weighted by Crippen LogP contribution is -2.28. The van der Waals surface area contributed by atoms with Crippen molar-refractivity contribution >= 4 is 28.4 Å². The highest BCUT2D eigenvalue weighted by molar-refractivity contribution is 5.98. The average molecular weight is 403 g/mol. The van der Waals surface area contributed by atoms with Crippen LogP contribution in [-0.4, -0.2) is 36.5 Å². The summed E-state index contributed by atoms with van der Waals surface area (Å²) in [5.41, 5.74) is 3.45. The molecule has 3 aromatic rings. The predicted octanol–water partition coefficient (Wildman–Crippen LogP) is 3.73. The molecule has 1 aromatic heterocycles. The topological polar surface area (TPSA) is 71.5 Å². The molecule has 0 saturated heterocycles. The number of anilines is 1. The van der Waals surface area contributed by atoms with Gasteiger partial charge >= 0.3 is 0 Å². The number of carbonyl (C=O) groups is 2. The van der Waals surface area contributed by atoms with E-state index in [9.17, 15) is 9.59 Å². The third-order valence-electron chi connectivity index (χ3n) is 5.30. The van der Waals surface area contributed by atoms with Crippen LogP contribution in [0.25, 0.3) is 10.9 Å². The first-order chi connectivity index (χ1) is 14.7. The van der Waals surface area contributed by atoms with Crippen molar-refractivity contribution in [2.45, 2.75) is 26.2 Å². The monoisotopic (exact) mass is 403 g/mol. The summed E-state index contributed by atoms with van der Waals surface area (Å²) in [4.78, 5) is 30.7. The molecule has 1 aliphatic rings. The number of amides is 2. The summed E-state index contributed by atoms with van der Waals surface area (Å²) in [5, 5.41) is 3.98. The summed E-state index contributed by atoms with van der Waals surface area (Å²) in [7, 11) is 0. The second-order valence-electron chi connectivity index (χ2n) is 7.28. The molecule has 0 atom stereocenters. The Labute approximate surface area is 175 Å². The van der Waals surface area contributed by atoms with E-state index >= 15 is 0 Å². The Morgan fingerprint density at radius 2 is 2.03 bits per heavy atom. The molecule has 0 aliphatic carbocycles. The van der Waals surface area contributed by atoms with Gasteiger partial charge in [-0.05, 0) is 48.7 Å². The number of carbonyl (C=O) groups excluding carboxylic acids is 2. The number of nitrogens with one attached hydrogen (secondary N) is 1. The number of rotatable bonds is 7. The SMILES string of the molecule is CCC(=O)N1CCc2cc(C(=O)NCCCOc3cccc4cccnc34)ccc21. The molecule has 0 saturated carbocycles. The summed E-state index contributed by atoms with van der Waals surface area (Å²) in [6.45, 7) is 3.57. The van der Waals surface area contributed by atoms with Crippen LogP contribution in [0.15, 0.2) is 54.7 Å². The maximum absolute atomic E-state index is 12.5. The second-order valence-corrected chi connectivity index (χ2v) is 7.28. The Balaban J connectivity index is 1.28. The van der Waals surface area contributed by atoms with E-state index in [1.54, 1.807) is 17.2 Å². The van der Waals surface area contributed by atoms with E-state index < -0.39 is 0 Å². The molecule has 30 heavy (non-hydrogen) atoms. The highest BCUT2D eigenvalue weighted by Gasteiger charge is 2.24. The van der Waals surface area contributed by atoms with Crippen molar-refractivity contribution in [2.75, 3.05) is 24.6 Å². The lowest BCUT2D eigenvalue weighted by atomic mass is 10.1. The molecule has 154 valence electrons. The van der Waals surface area contributed by atoms with Crippen LogP contribution in [0.2, 0.25) is 0 Å². The molecular formula is C24H25N3O3. The van der Waals surface area contributed by atoms with Crippen molar-refractivity contribution in [1.82, 2.24) is 10.3 Å². The molecule has 1 aliphatic heterocycles. The highest BCUT2D eigenvalue weighted by Crippen LogP contribution is 2.29. The number of ether oxygens (including phenoxy) is 1. The fourth-order valence-corrected chi connectivity index (χ4v) is 3.74. The molecule has 4 rings (SSSR count). The van der Waals surface area contributed by atoms with Crippen molar-refractivity contribution in [3.8, 4) is 5.75 Å². The molecule has 1 N–H and O–H groups in total. The minimum absolute atomic E-state index is 0.107. The minimum Gasteiger partial charge on any atom is -0.491 e. The van der Waals surface area contributed by atoms with Crippen LogP contribution in [0.5, 0.6) is 5.75 Å². The number of nitrogens with zero attached hydrogens (tertiary/aromatic N) is 2. The summed E-state index contributed by atoms with van der Waals surface area (Å²) in [6.07, 6.45) is 3.72. The van der Waals surface area contributed by atoms with Crippen LogP contribution in [0.1, 0.15) is 35.7 Å². The first-order valence-electron chi connectivity index (χ1n) is 10.4. The molecule has 2 amide bonds. The van der Waals surface area contributed by atoms with Crippen LogP contribution in [0.3, 0.4) is 0 Å². The van der Waals surface area contributed by atoms with Crippen molar-refractivity contribution in [3.05, 3.63) is 65.9 Å². The van der Waals surface area contributed by atoms with Crippen molar-refractivity contribution in [2.24, 2.45) is 0 Å². The van der Waals surface area contributed by atoms with Gasteiger partial charge in [-0.25, -0.2) is 0 Å². The third kappa shape index (κ3) is 4.13. The van der Waals surface area contributed by atoms with E-state index in [0.717, 1.165) is 34.3 Å². The van der Waals surface area contributed by atoms with Crippen LogP contribution in [0.4, 0.5) is 5.69 Å². The second kappa shape index (κ2) is 8.95. The molecule has 0 radical (unpaired) electrons. The molecule has 0 bridgehead atoms. The van der Waals surface area contributed by atoms with E-state index in [2.05, 4.69) is 10.3 Å². The van der Waals surface area contributed by atoms with Crippen LogP contribution in [-0.2, 0) is 11.2 Å². The molecule has 6 heteroatoms. The number of hydrogen-bond donors (Lipinski definition) is 1.